The number of fused-ring (bicyclic) bond motifs is 2. The summed E-state index contributed by atoms with van der Waals surface area (Å²) in [6.07, 6.45) is 4.88. The predicted octanol–water partition coefficient (Wildman–Crippen LogP) is 4.85. The van der Waals surface area contributed by atoms with Crippen molar-refractivity contribution in [2.45, 2.75) is 13.0 Å². The Morgan fingerprint density at radius 3 is 2.96 bits per heavy atom. The van der Waals surface area contributed by atoms with Gasteiger partial charge in [0.2, 0.25) is 0 Å². The van der Waals surface area contributed by atoms with Gasteiger partial charge in [-0.2, -0.15) is 0 Å². The van der Waals surface area contributed by atoms with Gasteiger partial charge in [0.15, 0.2) is 11.5 Å². The number of aromatic nitrogens is 6. The first kappa shape index (κ1) is 17.0. The Morgan fingerprint density at radius 2 is 2.11 bits per heavy atom. The number of thiazole rings is 1. The summed E-state index contributed by atoms with van der Waals surface area (Å²) in [6.45, 7) is 2.06. The molecule has 0 saturated heterocycles. The van der Waals surface area contributed by atoms with Gasteiger partial charge in [-0.3, -0.25) is 0 Å². The van der Waals surface area contributed by atoms with Crippen LogP contribution in [0.5, 0.6) is 0 Å². The minimum absolute atomic E-state index is 0.0869. The molecule has 4 heterocycles. The number of hydrogen-bond donors (Lipinski definition) is 2. The molecule has 0 aliphatic carbocycles. The summed E-state index contributed by atoms with van der Waals surface area (Å²) in [5, 5.41) is 7.84. The first-order chi connectivity index (χ1) is 13.7. The van der Waals surface area contributed by atoms with Crippen molar-refractivity contribution in [3.05, 3.63) is 59.1 Å². The molecule has 0 amide bonds. The van der Waals surface area contributed by atoms with E-state index < -0.39 is 0 Å². The van der Waals surface area contributed by atoms with Gasteiger partial charge in [-0.05, 0) is 19.1 Å². The molecular weight excluding hydrogens is 394 g/mol. The first-order valence-electron chi connectivity index (χ1n) is 8.60. The fourth-order valence-electron chi connectivity index (χ4n) is 3.18. The standard InChI is InChI=1S/C19H14ClN7S/c1-10(26-18-16-17(23-8-22-16)24-9-25-18)12-7-11-3-2-4-13(20)14(11)27-15(12)19-21-5-6-28-19/h2-10H,1H3,(H2,22,23,24,25,26)/t10-/m1/s1. The largest absolute Gasteiger partial charge is 0.362 e. The van der Waals surface area contributed by atoms with Gasteiger partial charge < -0.3 is 10.3 Å². The van der Waals surface area contributed by atoms with Crippen LogP contribution in [0.3, 0.4) is 0 Å². The van der Waals surface area contributed by atoms with E-state index in [1.54, 1.807) is 23.9 Å². The topological polar surface area (TPSA) is 92.3 Å². The average molecular weight is 408 g/mol. The van der Waals surface area contributed by atoms with E-state index in [0.717, 1.165) is 32.7 Å². The Labute approximate surface area is 168 Å². The monoisotopic (exact) mass is 407 g/mol. The molecule has 0 unspecified atom stereocenters. The molecule has 5 aromatic rings. The number of hydrogen-bond acceptors (Lipinski definition) is 7. The lowest BCUT2D eigenvalue weighted by Crippen LogP contribution is -2.11. The van der Waals surface area contributed by atoms with Crippen LogP contribution < -0.4 is 5.32 Å². The second-order valence-electron chi connectivity index (χ2n) is 6.26. The number of aromatic amines is 1. The Hall–Kier alpha value is -3.10. The van der Waals surface area contributed by atoms with Crippen LogP contribution in [0.25, 0.3) is 32.8 Å². The number of benzene rings is 1. The van der Waals surface area contributed by atoms with Gasteiger partial charge in [0.25, 0.3) is 0 Å². The van der Waals surface area contributed by atoms with Crippen molar-refractivity contribution >= 4 is 50.8 Å². The van der Waals surface area contributed by atoms with Gasteiger partial charge in [-0.25, -0.2) is 24.9 Å². The number of nitrogens with zero attached hydrogens (tertiary/aromatic N) is 5. The molecule has 2 N–H and O–H groups in total. The number of pyridine rings is 1. The number of imidazole rings is 1. The van der Waals surface area contributed by atoms with E-state index in [0.29, 0.717) is 16.5 Å². The molecule has 0 saturated carbocycles. The zero-order valence-corrected chi connectivity index (χ0v) is 16.3. The van der Waals surface area contributed by atoms with E-state index in [-0.39, 0.29) is 6.04 Å². The molecule has 0 fully saturated rings. The van der Waals surface area contributed by atoms with E-state index in [9.17, 15) is 0 Å². The molecule has 0 aliphatic heterocycles. The van der Waals surface area contributed by atoms with Crippen LogP contribution in [-0.2, 0) is 0 Å². The Bertz CT molecular complexity index is 1280. The van der Waals surface area contributed by atoms with Gasteiger partial charge in [0.1, 0.15) is 22.5 Å². The summed E-state index contributed by atoms with van der Waals surface area (Å²) >= 11 is 7.93. The highest BCUT2D eigenvalue weighted by Crippen LogP contribution is 2.34. The third-order valence-electron chi connectivity index (χ3n) is 4.50. The SMILES string of the molecule is C[C@@H](Nc1ncnc2nc[nH]c12)c1cc2cccc(Cl)c2nc1-c1nccs1. The average Bonchev–Trinajstić information content (AvgIpc) is 3.40. The van der Waals surface area contributed by atoms with Crippen LogP contribution in [0.1, 0.15) is 18.5 Å². The summed E-state index contributed by atoms with van der Waals surface area (Å²) in [5.41, 5.74) is 3.97. The molecule has 4 aromatic heterocycles. The van der Waals surface area contributed by atoms with Crippen LogP contribution in [0.2, 0.25) is 5.02 Å². The fourth-order valence-corrected chi connectivity index (χ4v) is 4.05. The summed E-state index contributed by atoms with van der Waals surface area (Å²) in [5.74, 6) is 0.686. The smallest absolute Gasteiger partial charge is 0.182 e. The van der Waals surface area contributed by atoms with E-state index in [2.05, 4.69) is 43.2 Å². The zero-order valence-electron chi connectivity index (χ0n) is 14.7. The second-order valence-corrected chi connectivity index (χ2v) is 7.57. The molecule has 9 heteroatoms. The molecule has 0 spiro atoms. The lowest BCUT2D eigenvalue weighted by Gasteiger charge is -2.18. The fraction of sp³-hybridized carbons (Fsp3) is 0.105. The second kappa shape index (κ2) is 6.81. The molecule has 0 aliphatic rings. The minimum atomic E-state index is -0.0869. The maximum atomic E-state index is 6.38. The van der Waals surface area contributed by atoms with Crippen molar-refractivity contribution in [3.8, 4) is 10.7 Å². The van der Waals surface area contributed by atoms with Crippen LogP contribution in [0.15, 0.2) is 48.5 Å². The molecular formula is C19H14ClN7S. The highest BCUT2D eigenvalue weighted by atomic mass is 35.5. The molecule has 0 radical (unpaired) electrons. The molecule has 1 atom stereocenters. The normalized spacial score (nSPS) is 12.5. The van der Waals surface area contributed by atoms with Crippen LogP contribution in [-0.4, -0.2) is 29.9 Å². The van der Waals surface area contributed by atoms with Crippen molar-refractivity contribution in [1.82, 2.24) is 29.9 Å². The summed E-state index contributed by atoms with van der Waals surface area (Å²) in [7, 11) is 0. The Morgan fingerprint density at radius 1 is 1.18 bits per heavy atom. The number of anilines is 1. The van der Waals surface area contributed by atoms with Crippen molar-refractivity contribution in [2.24, 2.45) is 0 Å². The van der Waals surface area contributed by atoms with Gasteiger partial charge in [0.05, 0.1) is 22.9 Å². The number of rotatable bonds is 4. The minimum Gasteiger partial charge on any atom is -0.362 e. The van der Waals surface area contributed by atoms with E-state index in [1.807, 2.05) is 23.6 Å². The van der Waals surface area contributed by atoms with Crippen LogP contribution >= 0.6 is 22.9 Å². The Kier molecular flexibility index (Phi) is 4.14. The number of nitrogens with one attached hydrogen (secondary N) is 2. The van der Waals surface area contributed by atoms with E-state index in [1.165, 1.54) is 6.33 Å². The summed E-state index contributed by atoms with van der Waals surface area (Å²) in [6, 6.07) is 7.80. The van der Waals surface area contributed by atoms with Crippen molar-refractivity contribution < 1.29 is 0 Å². The number of H-pyrrole nitrogens is 1. The Balaban J connectivity index is 1.64. The molecule has 7 nitrogen and oxygen atoms in total. The summed E-state index contributed by atoms with van der Waals surface area (Å²) < 4.78 is 0. The lowest BCUT2D eigenvalue weighted by molar-refractivity contribution is 0.873. The van der Waals surface area contributed by atoms with Gasteiger partial charge in [-0.1, -0.05) is 23.7 Å². The van der Waals surface area contributed by atoms with Crippen molar-refractivity contribution in [2.75, 3.05) is 5.32 Å². The summed E-state index contributed by atoms with van der Waals surface area (Å²) in [4.78, 5) is 25.1. The lowest BCUT2D eigenvalue weighted by atomic mass is 10.0. The number of halogens is 1. The number of para-hydroxylation sites is 1. The third kappa shape index (κ3) is 2.87. The molecule has 1 aromatic carbocycles. The van der Waals surface area contributed by atoms with Gasteiger partial charge in [-0.15, -0.1) is 11.3 Å². The molecule has 0 bridgehead atoms. The first-order valence-corrected chi connectivity index (χ1v) is 9.86. The molecule has 28 heavy (non-hydrogen) atoms. The van der Waals surface area contributed by atoms with Gasteiger partial charge >= 0.3 is 0 Å². The van der Waals surface area contributed by atoms with E-state index in [4.69, 9.17) is 16.6 Å². The van der Waals surface area contributed by atoms with E-state index >= 15 is 0 Å². The zero-order chi connectivity index (χ0) is 19.1. The maximum absolute atomic E-state index is 6.38. The molecule has 5 rings (SSSR count). The quantitative estimate of drug-likeness (QED) is 0.442. The molecule has 138 valence electrons. The van der Waals surface area contributed by atoms with Crippen LogP contribution in [0.4, 0.5) is 5.82 Å². The van der Waals surface area contributed by atoms with Crippen molar-refractivity contribution in [1.29, 1.82) is 0 Å². The van der Waals surface area contributed by atoms with Crippen LogP contribution in [0, 0.1) is 0 Å². The highest BCUT2D eigenvalue weighted by Gasteiger charge is 2.19. The van der Waals surface area contributed by atoms with Crippen molar-refractivity contribution in [3.63, 3.8) is 0 Å². The highest BCUT2D eigenvalue weighted by molar-refractivity contribution is 7.13. The predicted molar refractivity (Wildman–Crippen MR) is 112 cm³/mol. The maximum Gasteiger partial charge on any atom is 0.182 e. The third-order valence-corrected chi connectivity index (χ3v) is 5.59. The van der Waals surface area contributed by atoms with Gasteiger partial charge in [0, 0.05) is 22.5 Å².